The van der Waals surface area contributed by atoms with Gasteiger partial charge in [-0.05, 0) is 29.8 Å². The SMILES string of the molecule is COCCn1c(=NC(=O)C=Cc2cccc([N+](=O)[O-])c2)sc2cc(Cl)ccc21. The molecule has 0 radical (unpaired) electrons. The minimum absolute atomic E-state index is 0.0367. The van der Waals surface area contributed by atoms with Crippen molar-refractivity contribution in [3.8, 4) is 0 Å². The summed E-state index contributed by atoms with van der Waals surface area (Å²) in [5.74, 6) is -0.463. The second kappa shape index (κ2) is 8.92. The number of nitro groups is 1. The highest BCUT2D eigenvalue weighted by Crippen LogP contribution is 2.22. The maximum Gasteiger partial charge on any atom is 0.272 e. The van der Waals surface area contributed by atoms with E-state index in [0.717, 1.165) is 10.2 Å². The molecule has 0 fully saturated rings. The highest BCUT2D eigenvalue weighted by molar-refractivity contribution is 7.16. The average Bonchev–Trinajstić information content (AvgIpc) is 3.00. The van der Waals surface area contributed by atoms with Gasteiger partial charge in [-0.3, -0.25) is 14.9 Å². The topological polar surface area (TPSA) is 86.7 Å². The van der Waals surface area contributed by atoms with E-state index in [0.29, 0.717) is 28.5 Å². The molecule has 28 heavy (non-hydrogen) atoms. The summed E-state index contributed by atoms with van der Waals surface area (Å²) in [6, 6.07) is 11.5. The molecule has 9 heteroatoms. The van der Waals surface area contributed by atoms with Crippen LogP contribution in [0.5, 0.6) is 0 Å². The van der Waals surface area contributed by atoms with Crippen LogP contribution in [0, 0.1) is 10.1 Å². The lowest BCUT2D eigenvalue weighted by Gasteiger charge is -2.03. The van der Waals surface area contributed by atoms with Gasteiger partial charge in [0.05, 0.1) is 21.7 Å². The van der Waals surface area contributed by atoms with Gasteiger partial charge in [0.25, 0.3) is 11.6 Å². The Bertz CT molecular complexity index is 1130. The Kier molecular flexibility index (Phi) is 6.35. The van der Waals surface area contributed by atoms with E-state index in [1.54, 1.807) is 25.3 Å². The number of rotatable bonds is 6. The van der Waals surface area contributed by atoms with Gasteiger partial charge < -0.3 is 9.30 Å². The first kappa shape index (κ1) is 19.9. The molecular formula is C19H16ClN3O4S. The van der Waals surface area contributed by atoms with Gasteiger partial charge in [-0.25, -0.2) is 0 Å². The summed E-state index contributed by atoms with van der Waals surface area (Å²) in [6.45, 7) is 1.01. The molecule has 0 bridgehead atoms. The number of ether oxygens (including phenoxy) is 1. The van der Waals surface area contributed by atoms with Crippen LogP contribution in [-0.4, -0.2) is 29.1 Å². The highest BCUT2D eigenvalue weighted by Gasteiger charge is 2.08. The molecule has 144 valence electrons. The van der Waals surface area contributed by atoms with Crippen molar-refractivity contribution < 1.29 is 14.5 Å². The molecule has 1 aromatic heterocycles. The molecule has 0 aliphatic heterocycles. The number of carbonyl (C=O) groups is 1. The lowest BCUT2D eigenvalue weighted by Crippen LogP contribution is -2.18. The van der Waals surface area contributed by atoms with Crippen molar-refractivity contribution in [3.63, 3.8) is 0 Å². The fraction of sp³-hybridized carbons (Fsp3) is 0.158. The van der Waals surface area contributed by atoms with Gasteiger partial charge in [0, 0.05) is 36.9 Å². The lowest BCUT2D eigenvalue weighted by atomic mass is 10.2. The number of aromatic nitrogens is 1. The quantitative estimate of drug-likeness (QED) is 0.344. The number of benzene rings is 2. The monoisotopic (exact) mass is 417 g/mol. The average molecular weight is 418 g/mol. The minimum Gasteiger partial charge on any atom is -0.383 e. The summed E-state index contributed by atoms with van der Waals surface area (Å²) in [5.41, 5.74) is 1.43. The molecule has 0 saturated heterocycles. The third kappa shape index (κ3) is 4.72. The summed E-state index contributed by atoms with van der Waals surface area (Å²) in [6.07, 6.45) is 2.79. The van der Waals surface area contributed by atoms with Crippen LogP contribution >= 0.6 is 22.9 Å². The Morgan fingerprint density at radius 2 is 2.18 bits per heavy atom. The molecule has 1 amide bonds. The van der Waals surface area contributed by atoms with Gasteiger partial charge >= 0.3 is 0 Å². The Morgan fingerprint density at radius 1 is 1.36 bits per heavy atom. The molecule has 1 heterocycles. The Labute approximate surface area is 169 Å². The maximum absolute atomic E-state index is 12.3. The molecule has 0 N–H and O–H groups in total. The molecule has 2 aromatic carbocycles. The largest absolute Gasteiger partial charge is 0.383 e. The molecule has 0 atom stereocenters. The number of amides is 1. The third-order valence-electron chi connectivity index (χ3n) is 3.87. The van der Waals surface area contributed by atoms with Crippen LogP contribution in [0.1, 0.15) is 5.56 Å². The standard InChI is InChI=1S/C19H16ClN3O4S/c1-27-10-9-22-16-7-6-14(20)12-17(16)28-19(22)21-18(24)8-5-13-3-2-4-15(11-13)23(25)26/h2-8,11-12H,9-10H2,1H3. The van der Waals surface area contributed by atoms with E-state index in [1.807, 2.05) is 16.7 Å². The van der Waals surface area contributed by atoms with Crippen molar-refractivity contribution in [3.05, 3.63) is 74.0 Å². The first-order valence-electron chi connectivity index (χ1n) is 8.27. The molecule has 0 aliphatic rings. The number of non-ortho nitro benzene ring substituents is 1. The fourth-order valence-electron chi connectivity index (χ4n) is 2.57. The fourth-order valence-corrected chi connectivity index (χ4v) is 3.91. The highest BCUT2D eigenvalue weighted by atomic mass is 35.5. The van der Waals surface area contributed by atoms with Crippen LogP contribution < -0.4 is 4.80 Å². The van der Waals surface area contributed by atoms with Crippen molar-refractivity contribution in [2.24, 2.45) is 4.99 Å². The molecule has 0 unspecified atom stereocenters. The van der Waals surface area contributed by atoms with Crippen LogP contribution in [0.3, 0.4) is 0 Å². The Hall–Kier alpha value is -2.81. The van der Waals surface area contributed by atoms with E-state index in [-0.39, 0.29) is 5.69 Å². The summed E-state index contributed by atoms with van der Waals surface area (Å²) in [7, 11) is 1.61. The Balaban J connectivity index is 1.93. The summed E-state index contributed by atoms with van der Waals surface area (Å²) in [5, 5.41) is 11.4. The number of halogens is 1. The third-order valence-corrected chi connectivity index (χ3v) is 5.15. The summed E-state index contributed by atoms with van der Waals surface area (Å²) in [4.78, 5) is 27.4. The zero-order chi connectivity index (χ0) is 20.1. The molecule has 3 rings (SSSR count). The van der Waals surface area contributed by atoms with Crippen molar-refractivity contribution in [2.75, 3.05) is 13.7 Å². The summed E-state index contributed by atoms with van der Waals surface area (Å²) < 4.78 is 7.96. The van der Waals surface area contributed by atoms with Crippen LogP contribution in [0.4, 0.5) is 5.69 Å². The zero-order valence-corrected chi connectivity index (χ0v) is 16.4. The normalized spacial score (nSPS) is 12.1. The van der Waals surface area contributed by atoms with Gasteiger partial charge in [0.2, 0.25) is 0 Å². The number of fused-ring (bicyclic) bond motifs is 1. The molecule has 0 saturated carbocycles. The first-order valence-corrected chi connectivity index (χ1v) is 9.46. The number of hydrogen-bond acceptors (Lipinski definition) is 5. The van der Waals surface area contributed by atoms with E-state index in [9.17, 15) is 14.9 Å². The van der Waals surface area contributed by atoms with E-state index in [2.05, 4.69) is 4.99 Å². The van der Waals surface area contributed by atoms with Crippen molar-refractivity contribution >= 4 is 50.8 Å². The van der Waals surface area contributed by atoms with Crippen molar-refractivity contribution in [1.82, 2.24) is 4.57 Å². The first-order chi connectivity index (χ1) is 13.5. The molecule has 7 nitrogen and oxygen atoms in total. The van der Waals surface area contributed by atoms with Crippen LogP contribution in [0.2, 0.25) is 5.02 Å². The van der Waals surface area contributed by atoms with Gasteiger partial charge in [0.1, 0.15) is 0 Å². The Morgan fingerprint density at radius 3 is 2.93 bits per heavy atom. The van der Waals surface area contributed by atoms with E-state index >= 15 is 0 Å². The molecule has 3 aromatic rings. The number of thiazole rings is 1. The van der Waals surface area contributed by atoms with E-state index in [1.165, 1.54) is 35.6 Å². The van der Waals surface area contributed by atoms with Crippen LogP contribution in [0.15, 0.2) is 53.5 Å². The maximum atomic E-state index is 12.3. The molecular weight excluding hydrogens is 402 g/mol. The van der Waals surface area contributed by atoms with Crippen LogP contribution in [0.25, 0.3) is 16.3 Å². The molecule has 0 aliphatic carbocycles. The number of nitro benzene ring substituents is 1. The predicted molar refractivity (Wildman–Crippen MR) is 109 cm³/mol. The predicted octanol–water partition coefficient (Wildman–Crippen LogP) is 4.05. The smallest absolute Gasteiger partial charge is 0.272 e. The second-order valence-electron chi connectivity index (χ2n) is 5.78. The number of nitrogens with zero attached hydrogens (tertiary/aromatic N) is 3. The van der Waals surface area contributed by atoms with Crippen molar-refractivity contribution in [1.29, 1.82) is 0 Å². The van der Waals surface area contributed by atoms with Gasteiger partial charge in [0.15, 0.2) is 4.80 Å². The number of hydrogen-bond donors (Lipinski definition) is 0. The van der Waals surface area contributed by atoms with Gasteiger partial charge in [-0.15, -0.1) is 0 Å². The minimum atomic E-state index is -0.482. The van der Waals surface area contributed by atoms with E-state index in [4.69, 9.17) is 16.3 Å². The second-order valence-corrected chi connectivity index (χ2v) is 7.22. The van der Waals surface area contributed by atoms with Gasteiger partial charge in [-0.2, -0.15) is 4.99 Å². The van der Waals surface area contributed by atoms with E-state index < -0.39 is 10.8 Å². The lowest BCUT2D eigenvalue weighted by molar-refractivity contribution is -0.384. The van der Waals surface area contributed by atoms with Crippen LogP contribution in [-0.2, 0) is 16.1 Å². The van der Waals surface area contributed by atoms with Crippen molar-refractivity contribution in [2.45, 2.75) is 6.54 Å². The number of methoxy groups -OCH3 is 1. The summed E-state index contributed by atoms with van der Waals surface area (Å²) >= 11 is 7.42. The molecule has 0 spiro atoms. The van der Waals surface area contributed by atoms with Gasteiger partial charge in [-0.1, -0.05) is 35.1 Å². The number of carbonyl (C=O) groups excluding carboxylic acids is 1. The zero-order valence-electron chi connectivity index (χ0n) is 14.9.